The lowest BCUT2D eigenvalue weighted by atomic mass is 9.95. The molecule has 17 heavy (non-hydrogen) atoms. The molecule has 0 radical (unpaired) electrons. The monoisotopic (exact) mass is 256 g/mol. The van der Waals surface area contributed by atoms with E-state index in [0.29, 0.717) is 17.9 Å². The fourth-order valence-corrected chi connectivity index (χ4v) is 2.19. The summed E-state index contributed by atoms with van der Waals surface area (Å²) in [4.78, 5) is 0. The maximum atomic E-state index is 5.82. The van der Waals surface area contributed by atoms with Crippen molar-refractivity contribution < 1.29 is 9.47 Å². The Kier molecular flexibility index (Phi) is 4.71. The second kappa shape index (κ2) is 6.28. The van der Waals surface area contributed by atoms with E-state index in [1.165, 1.54) is 0 Å². The third-order valence-corrected chi connectivity index (χ3v) is 3.27. The van der Waals surface area contributed by atoms with Gasteiger partial charge in [-0.05, 0) is 37.8 Å². The first-order valence-corrected chi connectivity index (χ1v) is 6.28. The lowest BCUT2D eigenvalue weighted by molar-refractivity contribution is -0.0373. The number of rotatable bonds is 4. The number of hydrogen-bond acceptors (Lipinski definition) is 4. The van der Waals surface area contributed by atoms with E-state index in [4.69, 9.17) is 21.1 Å². The summed E-state index contributed by atoms with van der Waals surface area (Å²) >= 11 is 5.67. The van der Waals surface area contributed by atoms with Gasteiger partial charge in [-0.15, -0.1) is 5.10 Å². The third kappa shape index (κ3) is 3.91. The minimum absolute atomic E-state index is 0.270. The molecule has 1 saturated carbocycles. The molecule has 4 nitrogen and oxygen atoms in total. The van der Waals surface area contributed by atoms with Crippen LogP contribution in [0.2, 0.25) is 5.15 Å². The Morgan fingerprint density at radius 1 is 1.29 bits per heavy atom. The van der Waals surface area contributed by atoms with Gasteiger partial charge in [-0.3, -0.25) is 0 Å². The van der Waals surface area contributed by atoms with Crippen LogP contribution in [0.15, 0.2) is 12.1 Å². The van der Waals surface area contributed by atoms with Crippen molar-refractivity contribution in [3.05, 3.63) is 23.0 Å². The van der Waals surface area contributed by atoms with Gasteiger partial charge >= 0.3 is 0 Å². The molecule has 0 amide bonds. The Labute approximate surface area is 106 Å². The molecule has 2 atom stereocenters. The molecule has 1 aromatic heterocycles. The highest BCUT2D eigenvalue weighted by Gasteiger charge is 2.22. The summed E-state index contributed by atoms with van der Waals surface area (Å²) in [6.07, 6.45) is 4.97. The van der Waals surface area contributed by atoms with Crippen LogP contribution in [0.5, 0.6) is 0 Å². The van der Waals surface area contributed by atoms with Crippen LogP contribution in [0.4, 0.5) is 0 Å². The van der Waals surface area contributed by atoms with Crippen molar-refractivity contribution in [2.24, 2.45) is 0 Å². The van der Waals surface area contributed by atoms with Gasteiger partial charge < -0.3 is 9.47 Å². The van der Waals surface area contributed by atoms with Crippen molar-refractivity contribution in [1.29, 1.82) is 0 Å². The van der Waals surface area contributed by atoms with Gasteiger partial charge in [0, 0.05) is 7.11 Å². The van der Waals surface area contributed by atoms with Gasteiger partial charge in [0.15, 0.2) is 5.15 Å². The van der Waals surface area contributed by atoms with Crippen molar-refractivity contribution in [2.75, 3.05) is 7.11 Å². The quantitative estimate of drug-likeness (QED) is 0.831. The summed E-state index contributed by atoms with van der Waals surface area (Å²) in [5.74, 6) is 0. The predicted octanol–water partition coefficient (Wildman–Crippen LogP) is 2.60. The fourth-order valence-electron chi connectivity index (χ4n) is 2.09. The number of hydrogen-bond donors (Lipinski definition) is 0. The van der Waals surface area contributed by atoms with Crippen LogP contribution in [0.25, 0.3) is 0 Å². The van der Waals surface area contributed by atoms with Crippen LogP contribution in [-0.2, 0) is 16.1 Å². The molecule has 1 heterocycles. The van der Waals surface area contributed by atoms with E-state index in [1.807, 2.05) is 6.07 Å². The molecule has 5 heteroatoms. The standard InChI is InChI=1S/C12H17ClN2O2/c1-16-10-3-2-4-11(7-10)17-8-9-5-6-12(13)15-14-9/h5-6,10-11H,2-4,7-8H2,1H3. The fraction of sp³-hybridized carbons (Fsp3) is 0.667. The molecule has 1 aromatic rings. The molecule has 2 unspecified atom stereocenters. The SMILES string of the molecule is COC1CCCC(OCc2ccc(Cl)nn2)C1. The first-order valence-electron chi connectivity index (χ1n) is 5.90. The van der Waals surface area contributed by atoms with Crippen molar-refractivity contribution in [1.82, 2.24) is 10.2 Å². The summed E-state index contributed by atoms with van der Waals surface area (Å²) in [5, 5.41) is 8.16. The molecule has 0 aromatic carbocycles. The molecular weight excluding hydrogens is 240 g/mol. The summed E-state index contributed by atoms with van der Waals surface area (Å²) in [7, 11) is 1.76. The molecule has 0 aliphatic heterocycles. The maximum Gasteiger partial charge on any atom is 0.151 e. The summed E-state index contributed by atoms with van der Waals surface area (Å²) in [6.45, 7) is 0.491. The highest BCUT2D eigenvalue weighted by molar-refractivity contribution is 6.29. The number of methoxy groups -OCH3 is 1. The lowest BCUT2D eigenvalue weighted by Gasteiger charge is -2.28. The van der Waals surface area contributed by atoms with E-state index in [-0.39, 0.29) is 6.10 Å². The number of halogens is 1. The Morgan fingerprint density at radius 2 is 2.12 bits per heavy atom. The zero-order valence-electron chi connectivity index (χ0n) is 9.93. The van der Waals surface area contributed by atoms with Crippen LogP contribution in [-0.4, -0.2) is 29.5 Å². The predicted molar refractivity (Wildman–Crippen MR) is 64.9 cm³/mol. The maximum absolute atomic E-state index is 5.82. The zero-order chi connectivity index (χ0) is 12.1. The molecule has 1 aliphatic rings. The minimum Gasteiger partial charge on any atom is -0.381 e. The molecule has 0 N–H and O–H groups in total. The summed E-state index contributed by atoms with van der Waals surface area (Å²) in [6, 6.07) is 3.57. The Morgan fingerprint density at radius 3 is 2.82 bits per heavy atom. The van der Waals surface area contributed by atoms with Crippen molar-refractivity contribution in [2.45, 2.75) is 44.5 Å². The average Bonchev–Trinajstić information content (AvgIpc) is 2.38. The molecule has 1 aliphatic carbocycles. The largest absolute Gasteiger partial charge is 0.381 e. The first-order chi connectivity index (χ1) is 8.28. The van der Waals surface area contributed by atoms with E-state index in [0.717, 1.165) is 31.4 Å². The van der Waals surface area contributed by atoms with Crippen molar-refractivity contribution >= 4 is 11.6 Å². The van der Waals surface area contributed by atoms with Gasteiger partial charge in [0.05, 0.1) is 24.5 Å². The van der Waals surface area contributed by atoms with E-state index in [2.05, 4.69) is 10.2 Å². The topological polar surface area (TPSA) is 44.2 Å². The number of nitrogens with zero attached hydrogens (tertiary/aromatic N) is 2. The molecule has 0 bridgehead atoms. The van der Waals surface area contributed by atoms with Crippen LogP contribution in [0.1, 0.15) is 31.4 Å². The zero-order valence-corrected chi connectivity index (χ0v) is 10.7. The van der Waals surface area contributed by atoms with Crippen LogP contribution in [0.3, 0.4) is 0 Å². The third-order valence-electron chi connectivity index (χ3n) is 3.07. The van der Waals surface area contributed by atoms with Gasteiger partial charge in [-0.1, -0.05) is 11.6 Å². The normalized spacial score (nSPS) is 24.8. The van der Waals surface area contributed by atoms with Crippen LogP contribution >= 0.6 is 11.6 Å². The molecule has 0 spiro atoms. The van der Waals surface area contributed by atoms with Crippen molar-refractivity contribution in [3.63, 3.8) is 0 Å². The van der Waals surface area contributed by atoms with E-state index in [1.54, 1.807) is 13.2 Å². The van der Waals surface area contributed by atoms with Crippen LogP contribution in [0, 0.1) is 0 Å². The summed E-state index contributed by atoms with van der Waals surface area (Å²) < 4.78 is 11.2. The number of ether oxygens (including phenoxy) is 2. The first kappa shape index (κ1) is 12.7. The lowest BCUT2D eigenvalue weighted by Crippen LogP contribution is -2.27. The van der Waals surface area contributed by atoms with E-state index < -0.39 is 0 Å². The second-order valence-corrected chi connectivity index (χ2v) is 4.69. The van der Waals surface area contributed by atoms with Gasteiger partial charge in [0.25, 0.3) is 0 Å². The van der Waals surface area contributed by atoms with Crippen LogP contribution < -0.4 is 0 Å². The highest BCUT2D eigenvalue weighted by Crippen LogP contribution is 2.23. The van der Waals surface area contributed by atoms with Gasteiger partial charge in [0.2, 0.25) is 0 Å². The Balaban J connectivity index is 1.79. The number of aromatic nitrogens is 2. The molecule has 1 fully saturated rings. The van der Waals surface area contributed by atoms with E-state index >= 15 is 0 Å². The molecule has 0 saturated heterocycles. The Bertz CT molecular complexity index is 345. The molecular formula is C12H17ClN2O2. The second-order valence-electron chi connectivity index (χ2n) is 4.30. The Hall–Kier alpha value is -0.710. The highest BCUT2D eigenvalue weighted by atomic mass is 35.5. The average molecular weight is 257 g/mol. The minimum atomic E-state index is 0.270. The van der Waals surface area contributed by atoms with Gasteiger partial charge in [-0.2, -0.15) is 5.10 Å². The molecule has 94 valence electrons. The van der Waals surface area contributed by atoms with Gasteiger partial charge in [0.1, 0.15) is 0 Å². The smallest absolute Gasteiger partial charge is 0.151 e. The van der Waals surface area contributed by atoms with E-state index in [9.17, 15) is 0 Å². The van der Waals surface area contributed by atoms with Gasteiger partial charge in [-0.25, -0.2) is 0 Å². The summed E-state index contributed by atoms with van der Waals surface area (Å²) in [5.41, 5.74) is 0.814. The van der Waals surface area contributed by atoms with Crippen molar-refractivity contribution in [3.8, 4) is 0 Å². The molecule has 2 rings (SSSR count).